The van der Waals surface area contributed by atoms with Crippen LogP contribution in [0.15, 0.2) is 35.1 Å². The second kappa shape index (κ2) is 5.79. The molecule has 2 aromatic rings. The Bertz CT molecular complexity index is 732. The van der Waals surface area contributed by atoms with Gasteiger partial charge in [0.25, 0.3) is 0 Å². The van der Waals surface area contributed by atoms with Crippen molar-refractivity contribution in [2.75, 3.05) is 6.54 Å². The van der Waals surface area contributed by atoms with Crippen LogP contribution in [-0.4, -0.2) is 31.7 Å². The highest BCUT2D eigenvalue weighted by molar-refractivity contribution is 5.77. The molecule has 1 aromatic carbocycles. The SMILES string of the molecule is CCC(=O)N1CCn2c(nn(CC)c2=O)C1c1ccccc1. The van der Waals surface area contributed by atoms with E-state index in [-0.39, 0.29) is 17.6 Å². The molecule has 0 spiro atoms. The van der Waals surface area contributed by atoms with Crippen LogP contribution in [0.25, 0.3) is 0 Å². The van der Waals surface area contributed by atoms with Crippen LogP contribution in [0.1, 0.15) is 37.7 Å². The number of amides is 1. The molecule has 0 radical (unpaired) electrons. The van der Waals surface area contributed by atoms with Crippen molar-refractivity contribution in [3.05, 3.63) is 52.2 Å². The zero-order chi connectivity index (χ0) is 15.7. The van der Waals surface area contributed by atoms with Crippen LogP contribution in [0.5, 0.6) is 0 Å². The quantitative estimate of drug-likeness (QED) is 0.861. The van der Waals surface area contributed by atoms with Crippen molar-refractivity contribution in [3.8, 4) is 0 Å². The van der Waals surface area contributed by atoms with Crippen LogP contribution < -0.4 is 5.69 Å². The summed E-state index contributed by atoms with van der Waals surface area (Å²) in [6, 6.07) is 9.49. The molecule has 3 rings (SSSR count). The maximum absolute atomic E-state index is 12.3. The molecule has 116 valence electrons. The fraction of sp³-hybridized carbons (Fsp3) is 0.438. The molecule has 1 atom stereocenters. The molecular weight excluding hydrogens is 280 g/mol. The number of fused-ring (bicyclic) bond motifs is 1. The smallest absolute Gasteiger partial charge is 0.327 e. The van der Waals surface area contributed by atoms with Gasteiger partial charge in [0.05, 0.1) is 0 Å². The predicted octanol–water partition coefficient (Wildman–Crippen LogP) is 1.41. The molecule has 0 N–H and O–H groups in total. The van der Waals surface area contributed by atoms with Gasteiger partial charge in [0.2, 0.25) is 5.91 Å². The van der Waals surface area contributed by atoms with E-state index in [1.807, 2.05) is 49.1 Å². The number of nitrogens with zero attached hydrogens (tertiary/aromatic N) is 4. The van der Waals surface area contributed by atoms with Crippen LogP contribution in [0.4, 0.5) is 0 Å². The summed E-state index contributed by atoms with van der Waals surface area (Å²) in [5.41, 5.74) is 0.889. The molecule has 1 amide bonds. The summed E-state index contributed by atoms with van der Waals surface area (Å²) in [4.78, 5) is 26.5. The zero-order valence-electron chi connectivity index (χ0n) is 12.9. The summed E-state index contributed by atoms with van der Waals surface area (Å²) < 4.78 is 3.16. The Balaban J connectivity index is 2.15. The van der Waals surface area contributed by atoms with Gasteiger partial charge in [0.15, 0.2) is 5.82 Å². The molecule has 0 bridgehead atoms. The van der Waals surface area contributed by atoms with Crippen molar-refractivity contribution in [1.29, 1.82) is 0 Å². The monoisotopic (exact) mass is 300 g/mol. The minimum Gasteiger partial charge on any atom is -0.327 e. The molecule has 0 saturated carbocycles. The van der Waals surface area contributed by atoms with Crippen molar-refractivity contribution >= 4 is 5.91 Å². The first-order valence-electron chi connectivity index (χ1n) is 7.69. The van der Waals surface area contributed by atoms with Gasteiger partial charge < -0.3 is 4.90 Å². The molecule has 6 heteroatoms. The molecule has 0 saturated heterocycles. The van der Waals surface area contributed by atoms with Crippen LogP contribution in [-0.2, 0) is 17.9 Å². The summed E-state index contributed by atoms with van der Waals surface area (Å²) in [5, 5.41) is 4.47. The minimum atomic E-state index is -0.289. The summed E-state index contributed by atoms with van der Waals surface area (Å²) in [6.45, 7) is 5.32. The topological polar surface area (TPSA) is 60.1 Å². The second-order valence-electron chi connectivity index (χ2n) is 5.36. The van der Waals surface area contributed by atoms with Crippen LogP contribution in [0.3, 0.4) is 0 Å². The molecule has 0 aliphatic carbocycles. The van der Waals surface area contributed by atoms with Crippen LogP contribution >= 0.6 is 0 Å². The summed E-state index contributed by atoms with van der Waals surface area (Å²) >= 11 is 0. The molecule has 1 unspecified atom stereocenters. The number of hydrogen-bond donors (Lipinski definition) is 0. The third-order valence-corrected chi connectivity index (χ3v) is 4.11. The van der Waals surface area contributed by atoms with Gasteiger partial charge in [-0.25, -0.2) is 9.48 Å². The Morgan fingerprint density at radius 2 is 1.95 bits per heavy atom. The Labute approximate surface area is 129 Å². The number of hydrogen-bond acceptors (Lipinski definition) is 3. The zero-order valence-corrected chi connectivity index (χ0v) is 12.9. The van der Waals surface area contributed by atoms with Crippen molar-refractivity contribution < 1.29 is 4.79 Å². The fourth-order valence-electron chi connectivity index (χ4n) is 2.99. The predicted molar refractivity (Wildman–Crippen MR) is 82.5 cm³/mol. The van der Waals surface area contributed by atoms with Crippen molar-refractivity contribution in [2.24, 2.45) is 0 Å². The highest BCUT2D eigenvalue weighted by Crippen LogP contribution is 2.30. The van der Waals surface area contributed by atoms with Crippen LogP contribution in [0, 0.1) is 0 Å². The fourth-order valence-corrected chi connectivity index (χ4v) is 2.99. The van der Waals surface area contributed by atoms with Gasteiger partial charge in [0.1, 0.15) is 6.04 Å². The van der Waals surface area contributed by atoms with E-state index in [2.05, 4.69) is 5.10 Å². The van der Waals surface area contributed by atoms with Crippen LogP contribution in [0.2, 0.25) is 0 Å². The van der Waals surface area contributed by atoms with Gasteiger partial charge >= 0.3 is 5.69 Å². The molecule has 22 heavy (non-hydrogen) atoms. The van der Waals surface area contributed by atoms with Gasteiger partial charge in [-0.2, -0.15) is 5.10 Å². The third kappa shape index (κ3) is 2.24. The third-order valence-electron chi connectivity index (χ3n) is 4.11. The van der Waals surface area contributed by atoms with Gasteiger partial charge in [-0.1, -0.05) is 37.3 Å². The molecule has 2 heterocycles. The van der Waals surface area contributed by atoms with E-state index in [0.717, 1.165) is 5.56 Å². The average Bonchev–Trinajstić information content (AvgIpc) is 2.90. The van der Waals surface area contributed by atoms with E-state index in [4.69, 9.17) is 0 Å². The van der Waals surface area contributed by atoms with E-state index in [0.29, 0.717) is 31.9 Å². The second-order valence-corrected chi connectivity index (χ2v) is 5.36. The molecule has 6 nitrogen and oxygen atoms in total. The highest BCUT2D eigenvalue weighted by atomic mass is 16.2. The van der Waals surface area contributed by atoms with Gasteiger partial charge in [0, 0.05) is 26.1 Å². The Morgan fingerprint density at radius 3 is 2.59 bits per heavy atom. The Kier molecular flexibility index (Phi) is 3.83. The lowest BCUT2D eigenvalue weighted by molar-refractivity contribution is -0.133. The van der Waals surface area contributed by atoms with E-state index < -0.39 is 0 Å². The van der Waals surface area contributed by atoms with Gasteiger partial charge in [-0.05, 0) is 12.5 Å². The number of rotatable bonds is 3. The Hall–Kier alpha value is -2.37. The number of aryl methyl sites for hydroxylation is 1. The normalized spacial score (nSPS) is 17.4. The number of carbonyl (C=O) groups is 1. The molecule has 0 fully saturated rings. The lowest BCUT2D eigenvalue weighted by atomic mass is 10.0. The minimum absolute atomic E-state index is 0.0820. The first kappa shape index (κ1) is 14.6. The van der Waals surface area contributed by atoms with Gasteiger partial charge in [-0.15, -0.1) is 0 Å². The number of carbonyl (C=O) groups excluding carboxylic acids is 1. The average molecular weight is 300 g/mol. The molecule has 1 aliphatic rings. The number of aromatic nitrogens is 3. The van der Waals surface area contributed by atoms with Crippen molar-refractivity contribution in [3.63, 3.8) is 0 Å². The van der Waals surface area contributed by atoms with Crippen molar-refractivity contribution in [1.82, 2.24) is 19.2 Å². The highest BCUT2D eigenvalue weighted by Gasteiger charge is 2.34. The lowest BCUT2D eigenvalue weighted by Gasteiger charge is -2.35. The first-order chi connectivity index (χ1) is 10.7. The maximum atomic E-state index is 12.3. The van der Waals surface area contributed by atoms with E-state index in [9.17, 15) is 9.59 Å². The van der Waals surface area contributed by atoms with E-state index in [1.54, 1.807) is 4.57 Å². The standard InChI is InChI=1S/C16H20N4O2/c1-3-13(21)18-10-11-19-15(17-20(4-2)16(19)22)14(18)12-8-6-5-7-9-12/h5-9,14H,3-4,10-11H2,1-2H3. The molecule has 1 aromatic heterocycles. The van der Waals surface area contributed by atoms with E-state index >= 15 is 0 Å². The summed E-state index contributed by atoms with van der Waals surface area (Å²) in [6.07, 6.45) is 0.446. The van der Waals surface area contributed by atoms with Crippen molar-refractivity contribution in [2.45, 2.75) is 39.4 Å². The largest absolute Gasteiger partial charge is 0.346 e. The Morgan fingerprint density at radius 1 is 1.23 bits per heavy atom. The van der Waals surface area contributed by atoms with Gasteiger partial charge in [-0.3, -0.25) is 9.36 Å². The summed E-state index contributed by atoms with van der Waals surface area (Å²) in [7, 11) is 0. The number of benzene rings is 1. The summed E-state index contributed by atoms with van der Waals surface area (Å²) in [5.74, 6) is 0.740. The lowest BCUT2D eigenvalue weighted by Crippen LogP contribution is -2.44. The first-order valence-corrected chi connectivity index (χ1v) is 7.69. The maximum Gasteiger partial charge on any atom is 0.346 e. The molecular formula is C16H20N4O2. The van der Waals surface area contributed by atoms with E-state index in [1.165, 1.54) is 4.68 Å². The molecule has 1 aliphatic heterocycles.